The number of carbonyl (C=O) groups excluding carboxylic acids is 6. The maximum atomic E-state index is 15.7. The number of unbranched alkanes of at least 4 members (excludes halogenated alkanes) is 1. The molecule has 3 fully saturated rings. The van der Waals surface area contributed by atoms with Crippen molar-refractivity contribution >= 4 is 58.2 Å². The van der Waals surface area contributed by atoms with E-state index in [2.05, 4.69) is 41.5 Å². The molecule has 3 aromatic carbocycles. The number of likely N-dealkylation sites (N-methyl/N-ethyl adjacent to an activating group) is 1. The molecule has 0 radical (unpaired) electrons. The average Bonchev–Trinajstić information content (AvgIpc) is 3.66. The molecule has 6 atom stereocenters. The van der Waals surface area contributed by atoms with Crippen molar-refractivity contribution in [3.05, 3.63) is 123 Å². The lowest BCUT2D eigenvalue weighted by atomic mass is 9.85. The number of rotatable bonds is 19. The number of thiazole rings is 1. The summed E-state index contributed by atoms with van der Waals surface area (Å²) in [5, 5.41) is 24.5. The second kappa shape index (κ2) is 25.1. The highest BCUT2D eigenvalue weighted by Crippen LogP contribution is 2.41. The summed E-state index contributed by atoms with van der Waals surface area (Å²) in [6, 6.07) is 12.7. The third-order valence-electron chi connectivity index (χ3n) is 15.5. The number of aromatic nitrogens is 2. The van der Waals surface area contributed by atoms with Gasteiger partial charge in [0.2, 0.25) is 23.3 Å². The zero-order valence-electron chi connectivity index (χ0n) is 47.1. The zero-order chi connectivity index (χ0) is 60.3. The minimum atomic E-state index is -5.03. The van der Waals surface area contributed by atoms with Crippen LogP contribution in [0.2, 0.25) is 0 Å². The molecule has 444 valence electrons. The van der Waals surface area contributed by atoms with E-state index < -0.39 is 99.4 Å². The fourth-order valence-corrected chi connectivity index (χ4v) is 11.2. The van der Waals surface area contributed by atoms with Crippen LogP contribution in [0.1, 0.15) is 117 Å². The maximum Gasteiger partial charge on any atom is 0.417 e. The number of aliphatic hydroxyl groups is 1. The summed E-state index contributed by atoms with van der Waals surface area (Å²) in [6.45, 7) is 12.1. The number of aliphatic hydroxyl groups excluding tert-OH is 1. The van der Waals surface area contributed by atoms with Gasteiger partial charge in [0.15, 0.2) is 5.67 Å². The van der Waals surface area contributed by atoms with E-state index in [0.29, 0.717) is 49.4 Å². The van der Waals surface area contributed by atoms with E-state index in [-0.39, 0.29) is 79.8 Å². The van der Waals surface area contributed by atoms with E-state index in [0.717, 1.165) is 22.2 Å². The Labute approximate surface area is 481 Å². The van der Waals surface area contributed by atoms with Crippen molar-refractivity contribution in [1.29, 1.82) is 0 Å². The normalized spacial score (nSPS) is 19.6. The molecule has 3 aliphatic rings. The summed E-state index contributed by atoms with van der Waals surface area (Å²) in [7, 11) is 1.97. The number of hydrogen-bond acceptors (Lipinski definition) is 12. The van der Waals surface area contributed by atoms with Gasteiger partial charge in [-0.25, -0.2) is 13.8 Å². The number of anilines is 2. The molecule has 24 heteroatoms. The molecule has 0 spiro atoms. The summed E-state index contributed by atoms with van der Waals surface area (Å²) in [5.41, 5.74) is -1.47. The molecule has 1 saturated carbocycles. The van der Waals surface area contributed by atoms with E-state index in [1.165, 1.54) is 34.4 Å². The first-order chi connectivity index (χ1) is 39.1. The van der Waals surface area contributed by atoms with Crippen LogP contribution in [0, 0.1) is 18.2 Å². The third kappa shape index (κ3) is 14.6. The number of β-amino-alcohol motifs (C(OH)–C–C–N with tert-alkyl or cyclic N) is 1. The molecule has 5 aromatic rings. The Kier molecular flexibility index (Phi) is 18.6. The van der Waals surface area contributed by atoms with Crippen LogP contribution < -0.4 is 37.0 Å². The number of pyridine rings is 1. The summed E-state index contributed by atoms with van der Waals surface area (Å²) in [4.78, 5) is 107. The summed E-state index contributed by atoms with van der Waals surface area (Å²) in [6.07, 6.45) is -4.89. The van der Waals surface area contributed by atoms with E-state index in [4.69, 9.17) is 0 Å². The molecular weight excluding hydrogens is 1100 g/mol. The van der Waals surface area contributed by atoms with Gasteiger partial charge in [-0.1, -0.05) is 51.1 Å². The number of hydrogen-bond donors (Lipinski definition) is 7. The van der Waals surface area contributed by atoms with Gasteiger partial charge in [0, 0.05) is 74.6 Å². The number of amides is 6. The van der Waals surface area contributed by atoms with Gasteiger partial charge in [-0.15, -0.1) is 11.3 Å². The van der Waals surface area contributed by atoms with Gasteiger partial charge in [0.05, 0.1) is 57.1 Å². The second-order valence-corrected chi connectivity index (χ2v) is 23.7. The summed E-state index contributed by atoms with van der Waals surface area (Å²) < 4.78 is 72.7. The SMILES string of the molecule is Cc1ncsc1-c1ccc(C(CC(=O)NCCCCNC(=O)c2ccc(F)c(-c3ccc(N4C[C@@H](C)N(C)[C@@H](C)C4)c(NC(=O)c4c[nH]c(=O)cc4C(F)(F)F)c3)c2)NC(=O)[C@@H]2C[C@@H](O)CN2C(=O)C(NC(=O)C2(F)CC2)C(C)(C)C)cc1. The molecule has 7 N–H and O–H groups in total. The molecule has 18 nitrogen and oxygen atoms in total. The number of H-pyrrole nitrogens is 1. The molecule has 6 amide bonds. The minimum Gasteiger partial charge on any atom is -0.391 e. The minimum absolute atomic E-state index is 0.0323. The number of alkyl halides is 4. The predicted molar refractivity (Wildman–Crippen MR) is 304 cm³/mol. The zero-order valence-corrected chi connectivity index (χ0v) is 48.0. The molecule has 2 saturated heterocycles. The molecule has 1 aliphatic carbocycles. The Morgan fingerprint density at radius 3 is 2.16 bits per heavy atom. The van der Waals surface area contributed by atoms with E-state index in [1.54, 1.807) is 50.5 Å². The van der Waals surface area contributed by atoms with Crippen molar-refractivity contribution in [2.24, 2.45) is 5.41 Å². The standard InChI is InChI=1S/C59H69F5N10O8S/c1-32-28-73(29-33(2)72(32)7)46-17-15-37(23-45(46)70-53(79)41-27-67-48(76)25-42(41)59(62,63)64)40-22-38(14-16-43(40)60)52(78)66-21-9-8-20-65-49(77)26-44(35-10-12-36(13-11-35)50-34(3)68-31-83-50)69-54(80)47-24-39(75)30-74(47)55(81)51(57(4,5)6)71-56(82)58(61)18-19-58/h10-17,22-23,25,27,31-33,39,44,47,51,75H,8-9,18-21,24,26,28-30H2,1-7H3,(H,65,77)(H,66,78)(H,67,76)(H,69,80)(H,70,79)(H,71,82)/t32-,33+,39-,44?,47+,51?/m1/s1. The van der Waals surface area contributed by atoms with E-state index in [1.807, 2.05) is 44.9 Å². The lowest BCUT2D eigenvalue weighted by Gasteiger charge is -2.44. The predicted octanol–water partition coefficient (Wildman–Crippen LogP) is 7.28. The van der Waals surface area contributed by atoms with Crippen LogP contribution in [-0.2, 0) is 25.4 Å². The lowest BCUT2D eigenvalue weighted by molar-refractivity contribution is -0.145. The molecule has 2 aliphatic heterocycles. The first kappa shape index (κ1) is 61.5. The fraction of sp³-hybridized carbons (Fsp3) is 0.458. The number of nitrogens with one attached hydrogen (secondary N) is 6. The largest absolute Gasteiger partial charge is 0.417 e. The van der Waals surface area contributed by atoms with Crippen LogP contribution in [0.4, 0.5) is 33.3 Å². The van der Waals surface area contributed by atoms with Gasteiger partial charge in [0.1, 0.15) is 17.9 Å². The Morgan fingerprint density at radius 1 is 0.867 bits per heavy atom. The number of aromatic amines is 1. The molecule has 0 bridgehead atoms. The van der Waals surface area contributed by atoms with Crippen molar-refractivity contribution in [1.82, 2.24) is 41.0 Å². The number of carbonyl (C=O) groups is 6. The highest BCUT2D eigenvalue weighted by atomic mass is 32.1. The number of nitrogens with zero attached hydrogens (tertiary/aromatic N) is 4. The second-order valence-electron chi connectivity index (χ2n) is 22.9. The van der Waals surface area contributed by atoms with Crippen LogP contribution in [0.3, 0.4) is 0 Å². The Balaban J connectivity index is 0.909. The van der Waals surface area contributed by atoms with Gasteiger partial charge in [-0.3, -0.25) is 38.5 Å². The van der Waals surface area contributed by atoms with Crippen molar-refractivity contribution in [2.45, 2.75) is 128 Å². The first-order valence-corrected chi connectivity index (χ1v) is 28.4. The molecule has 2 aromatic heterocycles. The first-order valence-electron chi connectivity index (χ1n) is 27.5. The number of likely N-dealkylation sites (tertiary alicyclic amines) is 1. The number of aryl methyl sites for hydroxylation is 1. The van der Waals surface area contributed by atoms with Crippen molar-refractivity contribution in [3.63, 3.8) is 0 Å². The highest BCUT2D eigenvalue weighted by molar-refractivity contribution is 7.13. The molecule has 4 heterocycles. The Bertz CT molecular complexity index is 3300. The third-order valence-corrected chi connectivity index (χ3v) is 16.5. The highest BCUT2D eigenvalue weighted by Gasteiger charge is 2.53. The van der Waals surface area contributed by atoms with Crippen LogP contribution >= 0.6 is 11.3 Å². The topological polar surface area (TPSA) is 238 Å². The monoisotopic (exact) mass is 1170 g/mol. The number of benzene rings is 3. The van der Waals surface area contributed by atoms with Crippen LogP contribution in [0.25, 0.3) is 21.6 Å². The smallest absolute Gasteiger partial charge is 0.391 e. The van der Waals surface area contributed by atoms with Gasteiger partial charge in [-0.05, 0) is 106 Å². The summed E-state index contributed by atoms with van der Waals surface area (Å²) in [5.74, 6) is -5.07. The van der Waals surface area contributed by atoms with Crippen LogP contribution in [-0.4, -0.2) is 136 Å². The number of piperazine rings is 1. The Hall–Kier alpha value is -7.57. The molecule has 83 heavy (non-hydrogen) atoms. The van der Waals surface area contributed by atoms with E-state index in [9.17, 15) is 56.2 Å². The van der Waals surface area contributed by atoms with E-state index >= 15 is 4.39 Å². The number of halogens is 5. The van der Waals surface area contributed by atoms with Crippen LogP contribution in [0.15, 0.2) is 83.2 Å². The molecule has 2 unspecified atom stereocenters. The fourth-order valence-electron chi connectivity index (χ4n) is 10.4. The van der Waals surface area contributed by atoms with Gasteiger partial charge in [0.25, 0.3) is 17.7 Å². The summed E-state index contributed by atoms with van der Waals surface area (Å²) >= 11 is 1.46. The molecular formula is C59H69F5N10O8S. The van der Waals surface area contributed by atoms with Crippen molar-refractivity contribution < 1.29 is 55.8 Å². The van der Waals surface area contributed by atoms with Gasteiger partial charge in [-0.2, -0.15) is 13.2 Å². The van der Waals surface area contributed by atoms with Gasteiger partial charge >= 0.3 is 6.18 Å². The lowest BCUT2D eigenvalue weighted by Crippen LogP contribution is -2.59. The Morgan fingerprint density at radius 2 is 1.53 bits per heavy atom. The van der Waals surface area contributed by atoms with Crippen molar-refractivity contribution in [2.75, 3.05) is 50.0 Å². The van der Waals surface area contributed by atoms with Gasteiger partial charge < -0.3 is 46.5 Å². The quantitative estimate of drug-likeness (QED) is 0.0320. The molecule has 8 rings (SSSR count). The van der Waals surface area contributed by atoms with Crippen LogP contribution in [0.5, 0.6) is 0 Å². The maximum absolute atomic E-state index is 15.7. The average molecular weight is 1170 g/mol. The van der Waals surface area contributed by atoms with Crippen molar-refractivity contribution in [3.8, 4) is 21.6 Å².